The Bertz CT molecular complexity index is 1080. The number of esters is 1. The van der Waals surface area contributed by atoms with E-state index < -0.39 is 0 Å². The van der Waals surface area contributed by atoms with Gasteiger partial charge in [-0.15, -0.1) is 0 Å². The third-order valence-corrected chi connectivity index (χ3v) is 6.80. The third-order valence-electron chi connectivity index (χ3n) is 6.80. The molecule has 0 amide bonds. The van der Waals surface area contributed by atoms with Crippen LogP contribution in [0.4, 0.5) is 0 Å². The first-order valence-corrected chi connectivity index (χ1v) is 13.0. The van der Waals surface area contributed by atoms with Gasteiger partial charge in [0.1, 0.15) is 11.5 Å². The molecule has 0 radical (unpaired) electrons. The fourth-order valence-electron chi connectivity index (χ4n) is 4.90. The Kier molecular flexibility index (Phi) is 9.04. The van der Waals surface area contributed by atoms with E-state index in [0.29, 0.717) is 13.2 Å². The summed E-state index contributed by atoms with van der Waals surface area (Å²) in [5.41, 5.74) is 4.01. The number of aromatic nitrogens is 1. The maximum atomic E-state index is 11.4. The predicted molar refractivity (Wildman–Crippen MR) is 136 cm³/mol. The molecule has 1 aliphatic carbocycles. The molecule has 4 rings (SSSR count). The van der Waals surface area contributed by atoms with Crippen LogP contribution in [0.5, 0.6) is 11.5 Å². The predicted octanol–water partition coefficient (Wildman–Crippen LogP) is 6.47. The maximum absolute atomic E-state index is 11.4. The number of fused-ring (bicyclic) bond motifs is 1. The summed E-state index contributed by atoms with van der Waals surface area (Å²) in [5, 5.41) is 5.61. The van der Waals surface area contributed by atoms with E-state index in [2.05, 4.69) is 24.2 Å². The van der Waals surface area contributed by atoms with Gasteiger partial charge in [-0.3, -0.25) is 4.79 Å². The molecule has 0 aliphatic heterocycles. The Morgan fingerprint density at radius 2 is 1.80 bits per heavy atom. The fourth-order valence-corrected chi connectivity index (χ4v) is 4.90. The van der Waals surface area contributed by atoms with Crippen LogP contribution in [0.15, 0.2) is 40.9 Å². The molecule has 6 heteroatoms. The van der Waals surface area contributed by atoms with Gasteiger partial charge >= 0.3 is 5.97 Å². The van der Waals surface area contributed by atoms with E-state index in [-0.39, 0.29) is 12.4 Å². The third kappa shape index (κ3) is 6.77. The van der Waals surface area contributed by atoms with Crippen molar-refractivity contribution in [2.24, 2.45) is 5.92 Å². The topological polar surface area (TPSA) is 70.8 Å². The van der Waals surface area contributed by atoms with Crippen molar-refractivity contribution < 1.29 is 23.5 Å². The van der Waals surface area contributed by atoms with Crippen molar-refractivity contribution in [3.63, 3.8) is 0 Å². The molecule has 1 fully saturated rings. The van der Waals surface area contributed by atoms with Crippen LogP contribution in [0.1, 0.15) is 68.7 Å². The van der Waals surface area contributed by atoms with Gasteiger partial charge in [0.25, 0.3) is 0 Å². The minimum atomic E-state index is -0.248. The molecule has 0 bridgehead atoms. The molecular formula is C29H37NO5. The van der Waals surface area contributed by atoms with Crippen LogP contribution in [-0.4, -0.2) is 31.4 Å². The van der Waals surface area contributed by atoms with Gasteiger partial charge in [-0.25, -0.2) is 0 Å². The molecule has 0 spiro atoms. The zero-order valence-electron chi connectivity index (χ0n) is 21.0. The number of carbonyl (C=O) groups is 1. The molecule has 2 aromatic carbocycles. The van der Waals surface area contributed by atoms with Crippen molar-refractivity contribution in [1.82, 2.24) is 5.16 Å². The van der Waals surface area contributed by atoms with Gasteiger partial charge in [0, 0.05) is 17.4 Å². The second-order valence-electron chi connectivity index (χ2n) is 9.45. The van der Waals surface area contributed by atoms with Crippen LogP contribution in [0.2, 0.25) is 0 Å². The summed E-state index contributed by atoms with van der Waals surface area (Å²) in [7, 11) is 1.39. The number of benzene rings is 2. The van der Waals surface area contributed by atoms with Crippen molar-refractivity contribution >= 4 is 16.9 Å². The molecule has 3 aromatic rings. The molecule has 0 saturated heterocycles. The standard InChI is InChI=1S/C29H37NO5/c1-3-8-25-27(16-15-24-26(30-35-29(24)25)19-21-9-5-4-6-10-21)34-18-7-17-33-23-13-11-22(12-14-23)20-28(31)32-2/h11-16,21H,3-10,17-20H2,1-2H3. The van der Waals surface area contributed by atoms with E-state index in [4.69, 9.17) is 18.7 Å². The Balaban J connectivity index is 1.30. The Morgan fingerprint density at radius 1 is 1.03 bits per heavy atom. The Morgan fingerprint density at radius 3 is 2.54 bits per heavy atom. The number of hydrogen-bond donors (Lipinski definition) is 0. The van der Waals surface area contributed by atoms with E-state index in [9.17, 15) is 4.79 Å². The number of ether oxygens (including phenoxy) is 3. The van der Waals surface area contributed by atoms with Crippen LogP contribution >= 0.6 is 0 Å². The molecule has 1 saturated carbocycles. The molecule has 1 heterocycles. The molecule has 1 aliphatic rings. The van der Waals surface area contributed by atoms with Crippen LogP contribution in [0.25, 0.3) is 11.0 Å². The van der Waals surface area contributed by atoms with Crippen molar-refractivity contribution in [3.8, 4) is 11.5 Å². The quantitative estimate of drug-likeness (QED) is 0.219. The van der Waals surface area contributed by atoms with Crippen LogP contribution in [0.3, 0.4) is 0 Å². The fraction of sp³-hybridized carbons (Fsp3) is 0.517. The summed E-state index contributed by atoms with van der Waals surface area (Å²) in [6, 6.07) is 11.7. The highest BCUT2D eigenvalue weighted by Crippen LogP contribution is 2.34. The van der Waals surface area contributed by atoms with Gasteiger partial charge in [0.15, 0.2) is 5.58 Å². The highest BCUT2D eigenvalue weighted by molar-refractivity contribution is 5.84. The van der Waals surface area contributed by atoms with Crippen LogP contribution < -0.4 is 9.47 Å². The van der Waals surface area contributed by atoms with Crippen molar-refractivity contribution in [2.45, 2.75) is 71.1 Å². The average molecular weight is 480 g/mol. The number of carbonyl (C=O) groups excluding carboxylic acids is 1. The van der Waals surface area contributed by atoms with Crippen LogP contribution in [-0.2, 0) is 28.8 Å². The zero-order valence-corrected chi connectivity index (χ0v) is 21.0. The largest absolute Gasteiger partial charge is 0.493 e. The zero-order chi connectivity index (χ0) is 24.5. The summed E-state index contributed by atoms with van der Waals surface area (Å²) in [5.74, 6) is 2.14. The monoisotopic (exact) mass is 479 g/mol. The molecule has 0 N–H and O–H groups in total. The smallest absolute Gasteiger partial charge is 0.309 e. The lowest BCUT2D eigenvalue weighted by Crippen LogP contribution is -2.09. The maximum Gasteiger partial charge on any atom is 0.309 e. The summed E-state index contributed by atoms with van der Waals surface area (Å²) >= 11 is 0. The van der Waals surface area contributed by atoms with Gasteiger partial charge < -0.3 is 18.7 Å². The minimum Gasteiger partial charge on any atom is -0.493 e. The molecule has 6 nitrogen and oxygen atoms in total. The summed E-state index contributed by atoms with van der Waals surface area (Å²) in [4.78, 5) is 11.4. The lowest BCUT2D eigenvalue weighted by Gasteiger charge is -2.20. The van der Waals surface area contributed by atoms with E-state index in [1.165, 1.54) is 39.2 Å². The lowest BCUT2D eigenvalue weighted by molar-refractivity contribution is -0.139. The molecule has 1 aromatic heterocycles. The van der Waals surface area contributed by atoms with E-state index in [1.807, 2.05) is 24.3 Å². The second kappa shape index (κ2) is 12.6. The normalized spacial score (nSPS) is 14.2. The number of nitrogens with zero attached hydrogens (tertiary/aromatic N) is 1. The number of aryl methyl sites for hydroxylation is 1. The van der Waals surface area contributed by atoms with Gasteiger partial charge in [-0.2, -0.15) is 0 Å². The van der Waals surface area contributed by atoms with Gasteiger partial charge in [-0.05, 0) is 48.6 Å². The number of hydrogen-bond acceptors (Lipinski definition) is 6. The van der Waals surface area contributed by atoms with E-state index >= 15 is 0 Å². The first-order chi connectivity index (χ1) is 17.2. The van der Waals surface area contributed by atoms with Crippen molar-refractivity contribution in [3.05, 3.63) is 53.2 Å². The molecule has 0 atom stereocenters. The lowest BCUT2D eigenvalue weighted by atomic mass is 9.85. The Labute approximate surface area is 207 Å². The van der Waals surface area contributed by atoms with Crippen molar-refractivity contribution in [2.75, 3.05) is 20.3 Å². The number of methoxy groups -OCH3 is 1. The molecule has 0 unspecified atom stereocenters. The minimum absolute atomic E-state index is 0.248. The highest BCUT2D eigenvalue weighted by Gasteiger charge is 2.20. The SMILES string of the molecule is CCCc1c(OCCCOc2ccc(CC(=O)OC)cc2)ccc2c(CC3CCCCC3)noc12. The second-order valence-corrected chi connectivity index (χ2v) is 9.45. The van der Waals surface area contributed by atoms with Crippen molar-refractivity contribution in [1.29, 1.82) is 0 Å². The van der Waals surface area contributed by atoms with Gasteiger partial charge in [0.2, 0.25) is 0 Å². The summed E-state index contributed by atoms with van der Waals surface area (Å²) in [6.07, 6.45) is 10.6. The average Bonchev–Trinajstić information content (AvgIpc) is 3.29. The summed E-state index contributed by atoms with van der Waals surface area (Å²) < 4.78 is 22.5. The highest BCUT2D eigenvalue weighted by atomic mass is 16.5. The Hall–Kier alpha value is -3.02. The van der Waals surface area contributed by atoms with E-state index in [0.717, 1.165) is 70.9 Å². The summed E-state index contributed by atoms with van der Waals surface area (Å²) in [6.45, 7) is 3.29. The molecule has 188 valence electrons. The van der Waals surface area contributed by atoms with Crippen LogP contribution in [0, 0.1) is 5.92 Å². The number of rotatable bonds is 12. The van der Waals surface area contributed by atoms with Gasteiger partial charge in [0.05, 0.1) is 32.4 Å². The first-order valence-electron chi connectivity index (χ1n) is 13.0. The first kappa shape index (κ1) is 25.1. The molecule has 35 heavy (non-hydrogen) atoms. The van der Waals surface area contributed by atoms with Gasteiger partial charge in [-0.1, -0.05) is 62.7 Å². The van der Waals surface area contributed by atoms with E-state index in [1.54, 1.807) is 0 Å². The molecular weight excluding hydrogens is 442 g/mol.